The average Bonchev–Trinajstić information content (AvgIpc) is 2.28. The molecule has 0 aromatic carbocycles. The lowest BCUT2D eigenvalue weighted by Crippen LogP contribution is -2.46. The predicted octanol–water partition coefficient (Wildman–Crippen LogP) is 2.84. The van der Waals surface area contributed by atoms with Gasteiger partial charge in [0.25, 0.3) is 0 Å². The standard InChI is InChI=1S/C14H30N2/c1-4-5-6-8-15-10-12-16(13-11-15)9-7-14(2)3/h14H,4-13H2,1-3H3. The second kappa shape index (κ2) is 8.08. The molecule has 1 aliphatic rings. The first kappa shape index (κ1) is 14.0. The minimum Gasteiger partial charge on any atom is -0.301 e. The number of unbranched alkanes of at least 4 members (excludes halogenated alkanes) is 2. The van der Waals surface area contributed by atoms with E-state index in [1.165, 1.54) is 65.0 Å². The van der Waals surface area contributed by atoms with Crippen molar-refractivity contribution < 1.29 is 0 Å². The van der Waals surface area contributed by atoms with Gasteiger partial charge in [-0.25, -0.2) is 0 Å². The van der Waals surface area contributed by atoms with Crippen LogP contribution in [0.2, 0.25) is 0 Å². The van der Waals surface area contributed by atoms with Crippen LogP contribution in [0.1, 0.15) is 46.5 Å². The summed E-state index contributed by atoms with van der Waals surface area (Å²) >= 11 is 0. The van der Waals surface area contributed by atoms with E-state index in [1.54, 1.807) is 0 Å². The molecule has 1 saturated heterocycles. The molecule has 0 aromatic heterocycles. The summed E-state index contributed by atoms with van der Waals surface area (Å²) in [7, 11) is 0. The second-order valence-corrected chi connectivity index (χ2v) is 5.57. The molecule has 0 saturated carbocycles. The van der Waals surface area contributed by atoms with Crippen LogP contribution in [0.5, 0.6) is 0 Å². The largest absolute Gasteiger partial charge is 0.301 e. The van der Waals surface area contributed by atoms with E-state index in [0.717, 1.165) is 5.92 Å². The van der Waals surface area contributed by atoms with Gasteiger partial charge in [0.1, 0.15) is 0 Å². The molecule has 1 aliphatic heterocycles. The molecule has 0 unspecified atom stereocenters. The van der Waals surface area contributed by atoms with Gasteiger partial charge in [0, 0.05) is 26.2 Å². The van der Waals surface area contributed by atoms with Gasteiger partial charge in [0.15, 0.2) is 0 Å². The third kappa shape index (κ3) is 5.86. The molecule has 1 fully saturated rings. The monoisotopic (exact) mass is 226 g/mol. The minimum atomic E-state index is 0.850. The molecule has 0 aromatic rings. The maximum atomic E-state index is 2.64. The summed E-state index contributed by atoms with van der Waals surface area (Å²) in [6.45, 7) is 14.7. The topological polar surface area (TPSA) is 6.48 Å². The molecule has 2 heteroatoms. The highest BCUT2D eigenvalue weighted by Crippen LogP contribution is 2.07. The van der Waals surface area contributed by atoms with E-state index < -0.39 is 0 Å². The first-order chi connectivity index (χ1) is 7.72. The van der Waals surface area contributed by atoms with Crippen LogP contribution < -0.4 is 0 Å². The quantitative estimate of drug-likeness (QED) is 0.616. The van der Waals surface area contributed by atoms with E-state index >= 15 is 0 Å². The summed E-state index contributed by atoms with van der Waals surface area (Å²) in [5.74, 6) is 0.850. The van der Waals surface area contributed by atoms with Gasteiger partial charge in [-0.15, -0.1) is 0 Å². The van der Waals surface area contributed by atoms with Gasteiger partial charge in [0.05, 0.1) is 0 Å². The van der Waals surface area contributed by atoms with Crippen LogP contribution in [-0.4, -0.2) is 49.1 Å². The van der Waals surface area contributed by atoms with E-state index in [2.05, 4.69) is 30.6 Å². The highest BCUT2D eigenvalue weighted by atomic mass is 15.3. The summed E-state index contributed by atoms with van der Waals surface area (Å²) in [6.07, 6.45) is 5.49. The van der Waals surface area contributed by atoms with Crippen LogP contribution >= 0.6 is 0 Å². The van der Waals surface area contributed by atoms with E-state index in [9.17, 15) is 0 Å². The van der Waals surface area contributed by atoms with Gasteiger partial charge in [0.2, 0.25) is 0 Å². The lowest BCUT2D eigenvalue weighted by molar-refractivity contribution is 0.126. The highest BCUT2D eigenvalue weighted by Gasteiger charge is 2.15. The van der Waals surface area contributed by atoms with Crippen LogP contribution in [0.15, 0.2) is 0 Å². The third-order valence-corrected chi connectivity index (χ3v) is 3.57. The molecule has 0 amide bonds. The van der Waals surface area contributed by atoms with E-state index in [4.69, 9.17) is 0 Å². The minimum absolute atomic E-state index is 0.850. The van der Waals surface area contributed by atoms with Crippen molar-refractivity contribution in [3.63, 3.8) is 0 Å². The Morgan fingerprint density at radius 2 is 1.44 bits per heavy atom. The number of nitrogens with zero attached hydrogens (tertiary/aromatic N) is 2. The molecule has 1 heterocycles. The molecule has 0 aliphatic carbocycles. The van der Waals surface area contributed by atoms with Crippen LogP contribution in [0, 0.1) is 5.92 Å². The Kier molecular flexibility index (Phi) is 7.06. The summed E-state index contributed by atoms with van der Waals surface area (Å²) in [4.78, 5) is 5.28. The fourth-order valence-electron chi connectivity index (χ4n) is 2.26. The van der Waals surface area contributed by atoms with Gasteiger partial charge in [-0.05, 0) is 31.8 Å². The van der Waals surface area contributed by atoms with Crippen LogP contribution in [0.4, 0.5) is 0 Å². The van der Waals surface area contributed by atoms with Crippen molar-refractivity contribution in [3.8, 4) is 0 Å². The Morgan fingerprint density at radius 3 is 1.94 bits per heavy atom. The van der Waals surface area contributed by atoms with E-state index in [0.29, 0.717) is 0 Å². The average molecular weight is 226 g/mol. The molecule has 0 spiro atoms. The van der Waals surface area contributed by atoms with Crippen molar-refractivity contribution in [1.29, 1.82) is 0 Å². The van der Waals surface area contributed by atoms with Crippen molar-refractivity contribution in [1.82, 2.24) is 9.80 Å². The zero-order chi connectivity index (χ0) is 11.8. The SMILES string of the molecule is CCCCCN1CCN(CCC(C)C)CC1. The zero-order valence-corrected chi connectivity index (χ0v) is 11.5. The first-order valence-corrected chi connectivity index (χ1v) is 7.17. The molecule has 96 valence electrons. The predicted molar refractivity (Wildman–Crippen MR) is 71.9 cm³/mol. The van der Waals surface area contributed by atoms with E-state index in [1.807, 2.05) is 0 Å². The Labute approximate surface area is 102 Å². The molecule has 1 rings (SSSR count). The number of rotatable bonds is 7. The van der Waals surface area contributed by atoms with Gasteiger partial charge < -0.3 is 9.80 Å². The highest BCUT2D eigenvalue weighted by molar-refractivity contribution is 4.72. The van der Waals surface area contributed by atoms with Gasteiger partial charge in [-0.1, -0.05) is 33.6 Å². The summed E-state index contributed by atoms with van der Waals surface area (Å²) in [6, 6.07) is 0. The van der Waals surface area contributed by atoms with Crippen molar-refractivity contribution in [2.45, 2.75) is 46.5 Å². The van der Waals surface area contributed by atoms with Crippen molar-refractivity contribution >= 4 is 0 Å². The molecule has 0 radical (unpaired) electrons. The molecule has 0 N–H and O–H groups in total. The van der Waals surface area contributed by atoms with Gasteiger partial charge in [-0.2, -0.15) is 0 Å². The molecule has 16 heavy (non-hydrogen) atoms. The summed E-state index contributed by atoms with van der Waals surface area (Å²) in [5, 5.41) is 0. The second-order valence-electron chi connectivity index (χ2n) is 5.57. The number of piperazine rings is 1. The Morgan fingerprint density at radius 1 is 0.875 bits per heavy atom. The van der Waals surface area contributed by atoms with Crippen molar-refractivity contribution in [3.05, 3.63) is 0 Å². The normalized spacial score (nSPS) is 19.5. The Hall–Kier alpha value is -0.0800. The maximum Gasteiger partial charge on any atom is 0.0110 e. The molecule has 0 bridgehead atoms. The zero-order valence-electron chi connectivity index (χ0n) is 11.5. The molecular formula is C14H30N2. The van der Waals surface area contributed by atoms with Crippen LogP contribution in [0.3, 0.4) is 0 Å². The lowest BCUT2D eigenvalue weighted by Gasteiger charge is -2.35. The van der Waals surface area contributed by atoms with Crippen LogP contribution in [-0.2, 0) is 0 Å². The van der Waals surface area contributed by atoms with Gasteiger partial charge in [-0.3, -0.25) is 0 Å². The summed E-state index contributed by atoms with van der Waals surface area (Å²) < 4.78 is 0. The van der Waals surface area contributed by atoms with Crippen LogP contribution in [0.25, 0.3) is 0 Å². The number of hydrogen-bond donors (Lipinski definition) is 0. The van der Waals surface area contributed by atoms with Crippen molar-refractivity contribution in [2.75, 3.05) is 39.3 Å². The van der Waals surface area contributed by atoms with Crippen molar-refractivity contribution in [2.24, 2.45) is 5.92 Å². The first-order valence-electron chi connectivity index (χ1n) is 7.17. The molecular weight excluding hydrogens is 196 g/mol. The molecule has 0 atom stereocenters. The molecule has 2 nitrogen and oxygen atoms in total. The Bertz CT molecular complexity index is 160. The number of hydrogen-bond acceptors (Lipinski definition) is 2. The fourth-order valence-corrected chi connectivity index (χ4v) is 2.26. The Balaban J connectivity index is 2.04. The smallest absolute Gasteiger partial charge is 0.0110 e. The maximum absolute atomic E-state index is 2.64. The van der Waals surface area contributed by atoms with Gasteiger partial charge >= 0.3 is 0 Å². The third-order valence-electron chi connectivity index (χ3n) is 3.57. The van der Waals surface area contributed by atoms with E-state index in [-0.39, 0.29) is 0 Å². The fraction of sp³-hybridized carbons (Fsp3) is 1.00. The lowest BCUT2D eigenvalue weighted by atomic mass is 10.1. The summed E-state index contributed by atoms with van der Waals surface area (Å²) in [5.41, 5.74) is 0.